The number of aliphatic hydroxyl groups excluding tert-OH is 1. The Kier molecular flexibility index (Phi) is 4.95. The standard InChI is InChI=1S/C13H20N2O4/c16-7-6-14-2-1-3-15(5-4-14)9-12-8-11(10-19-12)13(17)18/h8,10,16H,1-7,9H2,(H,17,18). The maximum absolute atomic E-state index is 10.8. The summed E-state index contributed by atoms with van der Waals surface area (Å²) in [5.41, 5.74) is 0.201. The largest absolute Gasteiger partial charge is 0.478 e. The molecule has 0 radical (unpaired) electrons. The second-order valence-corrected chi connectivity index (χ2v) is 4.80. The van der Waals surface area contributed by atoms with Crippen LogP contribution in [0, 0.1) is 0 Å². The molecule has 19 heavy (non-hydrogen) atoms. The van der Waals surface area contributed by atoms with Crippen LogP contribution in [0.2, 0.25) is 0 Å². The molecule has 1 saturated heterocycles. The first-order chi connectivity index (χ1) is 9.19. The Morgan fingerprint density at radius 2 is 2.00 bits per heavy atom. The smallest absolute Gasteiger partial charge is 0.338 e. The number of hydrogen-bond acceptors (Lipinski definition) is 5. The Morgan fingerprint density at radius 1 is 1.26 bits per heavy atom. The lowest BCUT2D eigenvalue weighted by molar-refractivity contribution is 0.0696. The fourth-order valence-electron chi connectivity index (χ4n) is 2.34. The molecule has 0 spiro atoms. The minimum absolute atomic E-state index is 0.195. The Bertz CT molecular complexity index is 419. The Balaban J connectivity index is 1.86. The molecule has 6 nitrogen and oxygen atoms in total. The summed E-state index contributed by atoms with van der Waals surface area (Å²) in [6, 6.07) is 1.58. The molecule has 0 aromatic carbocycles. The van der Waals surface area contributed by atoms with Gasteiger partial charge in [0.1, 0.15) is 12.0 Å². The fourth-order valence-corrected chi connectivity index (χ4v) is 2.34. The van der Waals surface area contributed by atoms with Gasteiger partial charge < -0.3 is 14.6 Å². The van der Waals surface area contributed by atoms with Gasteiger partial charge >= 0.3 is 5.97 Å². The summed E-state index contributed by atoms with van der Waals surface area (Å²) in [6.45, 7) is 5.34. The van der Waals surface area contributed by atoms with Crippen molar-refractivity contribution in [2.45, 2.75) is 13.0 Å². The van der Waals surface area contributed by atoms with E-state index in [4.69, 9.17) is 14.6 Å². The number of carboxylic acids is 1. The molecule has 1 fully saturated rings. The van der Waals surface area contributed by atoms with Crippen molar-refractivity contribution >= 4 is 5.97 Å². The lowest BCUT2D eigenvalue weighted by Crippen LogP contribution is -2.32. The first-order valence-electron chi connectivity index (χ1n) is 6.55. The van der Waals surface area contributed by atoms with Crippen LogP contribution in [0.25, 0.3) is 0 Å². The van der Waals surface area contributed by atoms with Crippen LogP contribution in [0.1, 0.15) is 22.5 Å². The number of nitrogens with zero attached hydrogens (tertiary/aromatic N) is 2. The molecule has 106 valence electrons. The van der Waals surface area contributed by atoms with Crippen molar-refractivity contribution < 1.29 is 19.4 Å². The molecule has 1 aliphatic rings. The first kappa shape index (κ1) is 14.0. The third-order valence-corrected chi connectivity index (χ3v) is 3.38. The van der Waals surface area contributed by atoms with Crippen LogP contribution in [-0.2, 0) is 6.54 Å². The lowest BCUT2D eigenvalue weighted by atomic mass is 10.3. The van der Waals surface area contributed by atoms with E-state index in [9.17, 15) is 4.79 Å². The van der Waals surface area contributed by atoms with Crippen LogP contribution < -0.4 is 0 Å². The van der Waals surface area contributed by atoms with Crippen molar-refractivity contribution in [2.24, 2.45) is 0 Å². The maximum Gasteiger partial charge on any atom is 0.338 e. The number of carbonyl (C=O) groups is 1. The first-order valence-corrected chi connectivity index (χ1v) is 6.55. The second kappa shape index (κ2) is 6.70. The van der Waals surface area contributed by atoms with E-state index in [0.717, 1.165) is 39.1 Å². The molecule has 6 heteroatoms. The van der Waals surface area contributed by atoms with Crippen LogP contribution in [-0.4, -0.2) is 65.3 Å². The van der Waals surface area contributed by atoms with Gasteiger partial charge in [0.25, 0.3) is 0 Å². The molecule has 0 bridgehead atoms. The fraction of sp³-hybridized carbons (Fsp3) is 0.615. The van der Waals surface area contributed by atoms with Crippen LogP contribution in [0.5, 0.6) is 0 Å². The van der Waals surface area contributed by atoms with E-state index in [-0.39, 0.29) is 12.2 Å². The van der Waals surface area contributed by atoms with E-state index in [2.05, 4.69) is 9.80 Å². The molecule has 0 aliphatic carbocycles. The number of aliphatic hydroxyl groups is 1. The number of β-amino-alcohol motifs (C(OH)–C–C–N with tert-alkyl or cyclic N) is 1. The minimum Gasteiger partial charge on any atom is -0.478 e. The topological polar surface area (TPSA) is 77.2 Å². The number of rotatable bonds is 5. The molecule has 1 aromatic rings. The van der Waals surface area contributed by atoms with Crippen molar-refractivity contribution in [2.75, 3.05) is 39.3 Å². The van der Waals surface area contributed by atoms with Gasteiger partial charge in [-0.1, -0.05) is 0 Å². The number of aromatic carboxylic acids is 1. The summed E-state index contributed by atoms with van der Waals surface area (Å²) < 4.78 is 5.27. The molecule has 0 amide bonds. The number of furan rings is 1. The Labute approximate surface area is 112 Å². The van der Waals surface area contributed by atoms with E-state index in [1.54, 1.807) is 6.07 Å². The SMILES string of the molecule is O=C(O)c1coc(CN2CCCN(CCO)CC2)c1. The highest BCUT2D eigenvalue weighted by atomic mass is 16.4. The van der Waals surface area contributed by atoms with Crippen molar-refractivity contribution in [3.8, 4) is 0 Å². The van der Waals surface area contributed by atoms with Gasteiger partial charge in [-0.15, -0.1) is 0 Å². The van der Waals surface area contributed by atoms with E-state index < -0.39 is 5.97 Å². The molecule has 2 rings (SSSR count). The van der Waals surface area contributed by atoms with Gasteiger partial charge in [0.05, 0.1) is 18.7 Å². The van der Waals surface area contributed by atoms with Gasteiger partial charge in [-0.25, -0.2) is 4.79 Å². The summed E-state index contributed by atoms with van der Waals surface area (Å²) >= 11 is 0. The lowest BCUT2D eigenvalue weighted by Gasteiger charge is -2.20. The van der Waals surface area contributed by atoms with Gasteiger partial charge in [-0.2, -0.15) is 0 Å². The summed E-state index contributed by atoms with van der Waals surface area (Å²) in [4.78, 5) is 15.3. The predicted octanol–water partition coefficient (Wildman–Crippen LogP) is 0.478. The molecular weight excluding hydrogens is 248 g/mol. The van der Waals surface area contributed by atoms with Crippen molar-refractivity contribution in [1.82, 2.24) is 9.80 Å². The molecule has 0 atom stereocenters. The maximum atomic E-state index is 10.8. The normalized spacial score (nSPS) is 18.4. The average Bonchev–Trinajstić information content (AvgIpc) is 2.73. The van der Waals surface area contributed by atoms with E-state index in [1.807, 2.05) is 0 Å². The summed E-state index contributed by atoms with van der Waals surface area (Å²) in [6.07, 6.45) is 2.33. The minimum atomic E-state index is -0.958. The quantitative estimate of drug-likeness (QED) is 0.808. The van der Waals surface area contributed by atoms with Gasteiger partial charge in [-0.05, 0) is 25.6 Å². The molecule has 2 heterocycles. The second-order valence-electron chi connectivity index (χ2n) is 4.80. The predicted molar refractivity (Wildman–Crippen MR) is 69.1 cm³/mol. The molecule has 0 unspecified atom stereocenters. The Morgan fingerprint density at radius 3 is 2.68 bits per heavy atom. The number of carboxylic acid groups (broad SMARTS) is 1. The van der Waals surface area contributed by atoms with Gasteiger partial charge in [0.2, 0.25) is 0 Å². The average molecular weight is 268 g/mol. The van der Waals surface area contributed by atoms with E-state index in [1.165, 1.54) is 6.26 Å². The Hall–Kier alpha value is -1.37. The van der Waals surface area contributed by atoms with Crippen molar-refractivity contribution in [3.05, 3.63) is 23.7 Å². The highest BCUT2D eigenvalue weighted by Gasteiger charge is 2.16. The monoisotopic (exact) mass is 268 g/mol. The zero-order chi connectivity index (χ0) is 13.7. The molecule has 2 N–H and O–H groups in total. The molecule has 0 saturated carbocycles. The zero-order valence-corrected chi connectivity index (χ0v) is 10.9. The van der Waals surface area contributed by atoms with Crippen LogP contribution in [0.3, 0.4) is 0 Å². The third kappa shape index (κ3) is 4.05. The van der Waals surface area contributed by atoms with Crippen LogP contribution >= 0.6 is 0 Å². The van der Waals surface area contributed by atoms with E-state index >= 15 is 0 Å². The number of hydrogen-bond donors (Lipinski definition) is 2. The van der Waals surface area contributed by atoms with Gasteiger partial charge in [-0.3, -0.25) is 9.80 Å². The van der Waals surface area contributed by atoms with Gasteiger partial charge in [0.15, 0.2) is 0 Å². The van der Waals surface area contributed by atoms with Crippen LogP contribution in [0.15, 0.2) is 16.7 Å². The highest BCUT2D eigenvalue weighted by Crippen LogP contribution is 2.12. The molecule has 1 aliphatic heterocycles. The summed E-state index contributed by atoms with van der Waals surface area (Å²) in [5, 5.41) is 17.8. The van der Waals surface area contributed by atoms with Crippen molar-refractivity contribution in [3.63, 3.8) is 0 Å². The third-order valence-electron chi connectivity index (χ3n) is 3.38. The molecule has 1 aromatic heterocycles. The summed E-state index contributed by atoms with van der Waals surface area (Å²) in [5.74, 6) is -0.270. The van der Waals surface area contributed by atoms with Crippen LogP contribution in [0.4, 0.5) is 0 Å². The van der Waals surface area contributed by atoms with E-state index in [0.29, 0.717) is 12.3 Å². The highest BCUT2D eigenvalue weighted by molar-refractivity contribution is 5.87. The van der Waals surface area contributed by atoms with Crippen molar-refractivity contribution in [1.29, 1.82) is 0 Å². The van der Waals surface area contributed by atoms with Gasteiger partial charge in [0, 0.05) is 19.6 Å². The molecular formula is C13H20N2O4. The summed E-state index contributed by atoms with van der Waals surface area (Å²) in [7, 11) is 0. The zero-order valence-electron chi connectivity index (χ0n) is 10.9.